The molecule has 4 atom stereocenters. The van der Waals surface area contributed by atoms with Gasteiger partial charge in [0, 0.05) is 0 Å². The second-order valence-electron chi connectivity index (χ2n) is 8.42. The van der Waals surface area contributed by atoms with Crippen molar-refractivity contribution >= 4 is 5.97 Å². The first kappa shape index (κ1) is 20.5. The Labute approximate surface area is 154 Å². The van der Waals surface area contributed by atoms with Gasteiger partial charge in [-0.1, -0.05) is 52.2 Å². The molecule has 3 heteroatoms. The summed E-state index contributed by atoms with van der Waals surface area (Å²) >= 11 is 0. The third-order valence-electron chi connectivity index (χ3n) is 6.32. The molecule has 4 unspecified atom stereocenters. The minimum Gasteiger partial charge on any atom is -0.463 e. The number of allylic oxidation sites excluding steroid dienone is 2. The average molecular weight is 351 g/mol. The monoisotopic (exact) mass is 350 g/mol. The zero-order chi connectivity index (χ0) is 18.3. The van der Waals surface area contributed by atoms with Crippen LogP contribution < -0.4 is 0 Å². The number of ether oxygens (including phenoxy) is 2. The first-order chi connectivity index (χ1) is 12.0. The van der Waals surface area contributed by atoms with E-state index in [1.54, 1.807) is 5.57 Å². The summed E-state index contributed by atoms with van der Waals surface area (Å²) in [4.78, 5) is 12.4. The van der Waals surface area contributed by atoms with E-state index in [2.05, 4.69) is 33.8 Å². The summed E-state index contributed by atoms with van der Waals surface area (Å²) in [7, 11) is 0. The lowest BCUT2D eigenvalue weighted by atomic mass is 9.84. The van der Waals surface area contributed by atoms with Crippen LogP contribution in [0.4, 0.5) is 0 Å². The van der Waals surface area contributed by atoms with Crippen LogP contribution in [0.5, 0.6) is 0 Å². The van der Waals surface area contributed by atoms with Crippen molar-refractivity contribution < 1.29 is 14.3 Å². The maximum Gasteiger partial charge on any atom is 0.309 e. The third-order valence-corrected chi connectivity index (χ3v) is 6.32. The van der Waals surface area contributed by atoms with E-state index in [0.29, 0.717) is 25.0 Å². The molecule has 0 spiro atoms. The van der Waals surface area contributed by atoms with E-state index in [-0.39, 0.29) is 17.3 Å². The van der Waals surface area contributed by atoms with E-state index >= 15 is 0 Å². The maximum atomic E-state index is 12.4. The smallest absolute Gasteiger partial charge is 0.309 e. The second kappa shape index (κ2) is 9.75. The number of carbonyl (C=O) groups excluding carboxylic acids is 1. The number of fused-ring (bicyclic) bond motifs is 2. The summed E-state index contributed by atoms with van der Waals surface area (Å²) in [6.45, 7) is 10.6. The fourth-order valence-electron chi connectivity index (χ4n) is 4.49. The molecule has 3 nitrogen and oxygen atoms in total. The van der Waals surface area contributed by atoms with Crippen molar-refractivity contribution in [3.63, 3.8) is 0 Å². The van der Waals surface area contributed by atoms with Crippen molar-refractivity contribution in [2.45, 2.75) is 79.1 Å². The number of carbonyl (C=O) groups is 1. The van der Waals surface area contributed by atoms with Crippen LogP contribution in [0, 0.1) is 23.2 Å². The molecule has 0 heterocycles. The van der Waals surface area contributed by atoms with E-state index in [0.717, 1.165) is 19.4 Å². The predicted octanol–water partition coefficient (Wildman–Crippen LogP) is 5.54. The SMILES string of the molecule is CCCCC1=CC2CC1CC2C(=O)OCCOCC(C)(CC)CCC. The largest absolute Gasteiger partial charge is 0.463 e. The van der Waals surface area contributed by atoms with Crippen molar-refractivity contribution in [2.24, 2.45) is 23.2 Å². The zero-order valence-electron chi connectivity index (χ0n) is 16.8. The fraction of sp³-hybridized carbons (Fsp3) is 0.864. The summed E-state index contributed by atoms with van der Waals surface area (Å²) in [5.41, 5.74) is 1.86. The van der Waals surface area contributed by atoms with Crippen molar-refractivity contribution in [3.05, 3.63) is 11.6 Å². The number of hydrogen-bond acceptors (Lipinski definition) is 3. The molecular weight excluding hydrogens is 312 g/mol. The van der Waals surface area contributed by atoms with Crippen LogP contribution >= 0.6 is 0 Å². The molecule has 2 aliphatic carbocycles. The highest BCUT2D eigenvalue weighted by molar-refractivity contribution is 5.74. The summed E-state index contributed by atoms with van der Waals surface area (Å²) in [6.07, 6.45) is 11.8. The van der Waals surface area contributed by atoms with Gasteiger partial charge in [0.15, 0.2) is 0 Å². The Morgan fingerprint density at radius 1 is 1.20 bits per heavy atom. The molecule has 0 aromatic carbocycles. The molecular formula is C22H38O3. The van der Waals surface area contributed by atoms with Gasteiger partial charge >= 0.3 is 5.97 Å². The molecule has 25 heavy (non-hydrogen) atoms. The molecule has 0 aromatic heterocycles. The minimum absolute atomic E-state index is 0.00583. The highest BCUT2D eigenvalue weighted by atomic mass is 16.6. The van der Waals surface area contributed by atoms with Crippen LogP contribution in [0.3, 0.4) is 0 Å². The Morgan fingerprint density at radius 2 is 2.00 bits per heavy atom. The Bertz CT molecular complexity index is 456. The van der Waals surface area contributed by atoms with Gasteiger partial charge in [0.2, 0.25) is 0 Å². The van der Waals surface area contributed by atoms with Gasteiger partial charge in [0.25, 0.3) is 0 Å². The van der Waals surface area contributed by atoms with Crippen LogP contribution in [-0.2, 0) is 14.3 Å². The van der Waals surface area contributed by atoms with Crippen molar-refractivity contribution in [3.8, 4) is 0 Å². The van der Waals surface area contributed by atoms with Crippen LogP contribution in [0.1, 0.15) is 79.1 Å². The first-order valence-corrected chi connectivity index (χ1v) is 10.5. The molecule has 0 N–H and O–H groups in total. The number of unbranched alkanes of at least 4 members (excludes halogenated alkanes) is 1. The lowest BCUT2D eigenvalue weighted by molar-refractivity contribution is -0.151. The molecule has 0 radical (unpaired) electrons. The van der Waals surface area contributed by atoms with Crippen molar-refractivity contribution in [1.82, 2.24) is 0 Å². The molecule has 2 bridgehead atoms. The average Bonchev–Trinajstić information content (AvgIpc) is 3.20. The molecule has 0 saturated heterocycles. The summed E-state index contributed by atoms with van der Waals surface area (Å²) < 4.78 is 11.3. The van der Waals surface area contributed by atoms with Gasteiger partial charge in [0.1, 0.15) is 6.61 Å². The first-order valence-electron chi connectivity index (χ1n) is 10.5. The van der Waals surface area contributed by atoms with Crippen molar-refractivity contribution in [2.75, 3.05) is 19.8 Å². The topological polar surface area (TPSA) is 35.5 Å². The number of hydrogen-bond donors (Lipinski definition) is 0. The molecule has 1 fully saturated rings. The molecule has 2 rings (SSSR count). The standard InChI is InChI=1S/C22H38O3/c1-5-8-9-17-13-19-14-18(17)15-20(19)21(23)25-12-11-24-16-22(4,7-3)10-6-2/h13,18-20H,5-12,14-16H2,1-4H3. The van der Waals surface area contributed by atoms with Crippen LogP contribution in [-0.4, -0.2) is 25.8 Å². The highest BCUT2D eigenvalue weighted by Gasteiger charge is 2.44. The zero-order valence-corrected chi connectivity index (χ0v) is 16.8. The Hall–Kier alpha value is -0.830. The van der Waals surface area contributed by atoms with E-state index in [4.69, 9.17) is 9.47 Å². The van der Waals surface area contributed by atoms with Gasteiger partial charge in [0.05, 0.1) is 19.1 Å². The lowest BCUT2D eigenvalue weighted by Gasteiger charge is -2.27. The quantitative estimate of drug-likeness (QED) is 0.263. The van der Waals surface area contributed by atoms with E-state index in [9.17, 15) is 4.79 Å². The summed E-state index contributed by atoms with van der Waals surface area (Å²) in [6, 6.07) is 0. The fourth-order valence-corrected chi connectivity index (χ4v) is 4.49. The molecule has 0 aromatic rings. The van der Waals surface area contributed by atoms with E-state index < -0.39 is 0 Å². The molecule has 0 aliphatic heterocycles. The molecule has 2 aliphatic rings. The van der Waals surface area contributed by atoms with E-state index in [1.165, 1.54) is 38.5 Å². The van der Waals surface area contributed by atoms with Gasteiger partial charge in [-0.15, -0.1) is 0 Å². The minimum atomic E-state index is -0.00583. The highest BCUT2D eigenvalue weighted by Crippen LogP contribution is 2.49. The van der Waals surface area contributed by atoms with Gasteiger partial charge in [-0.2, -0.15) is 0 Å². The van der Waals surface area contributed by atoms with Gasteiger partial charge in [-0.05, 0) is 55.8 Å². The third kappa shape index (κ3) is 5.57. The van der Waals surface area contributed by atoms with Crippen LogP contribution in [0.15, 0.2) is 11.6 Å². The Kier molecular flexibility index (Phi) is 7.99. The van der Waals surface area contributed by atoms with Crippen molar-refractivity contribution in [1.29, 1.82) is 0 Å². The Morgan fingerprint density at radius 3 is 2.60 bits per heavy atom. The number of esters is 1. The lowest BCUT2D eigenvalue weighted by Crippen LogP contribution is -2.26. The molecule has 0 amide bonds. The summed E-state index contributed by atoms with van der Waals surface area (Å²) in [5.74, 6) is 1.16. The predicted molar refractivity (Wildman–Crippen MR) is 102 cm³/mol. The van der Waals surface area contributed by atoms with Crippen LogP contribution in [0.2, 0.25) is 0 Å². The van der Waals surface area contributed by atoms with Gasteiger partial charge in [-0.25, -0.2) is 0 Å². The molecule has 144 valence electrons. The maximum absolute atomic E-state index is 12.4. The van der Waals surface area contributed by atoms with Crippen LogP contribution in [0.25, 0.3) is 0 Å². The molecule has 1 saturated carbocycles. The van der Waals surface area contributed by atoms with Gasteiger partial charge < -0.3 is 9.47 Å². The van der Waals surface area contributed by atoms with Gasteiger partial charge in [-0.3, -0.25) is 4.79 Å². The second-order valence-corrected chi connectivity index (χ2v) is 8.42. The number of rotatable bonds is 12. The Balaban J connectivity index is 1.65. The van der Waals surface area contributed by atoms with E-state index in [1.807, 2.05) is 0 Å². The normalized spacial score (nSPS) is 27.2. The summed E-state index contributed by atoms with van der Waals surface area (Å²) in [5, 5.41) is 0.